The van der Waals surface area contributed by atoms with Gasteiger partial charge in [0.1, 0.15) is 17.3 Å². The molecule has 0 saturated carbocycles. The Hall–Kier alpha value is -2.24. The molecule has 110 valence electrons. The van der Waals surface area contributed by atoms with Crippen LogP contribution in [0.4, 0.5) is 0 Å². The third kappa shape index (κ3) is 3.87. The molecule has 3 aromatic rings. The fourth-order valence-electron chi connectivity index (χ4n) is 2.19. The Morgan fingerprint density at radius 2 is 1.57 bits per heavy atom. The molecule has 0 fully saturated rings. The van der Waals surface area contributed by atoms with Gasteiger partial charge in [-0.15, -0.1) is 0 Å². The maximum absolute atomic E-state index is 5.50. The van der Waals surface area contributed by atoms with Gasteiger partial charge in [0.05, 0.1) is 31.4 Å². The van der Waals surface area contributed by atoms with Crippen molar-refractivity contribution in [3.8, 4) is 0 Å². The molecule has 0 amide bonds. The van der Waals surface area contributed by atoms with Crippen molar-refractivity contribution in [1.82, 2.24) is 10.6 Å². The van der Waals surface area contributed by atoms with Crippen LogP contribution in [0.3, 0.4) is 0 Å². The summed E-state index contributed by atoms with van der Waals surface area (Å²) in [7, 11) is 0. The smallest absolute Gasteiger partial charge is 0.121 e. The first kappa shape index (κ1) is 13.7. The average Bonchev–Trinajstić information content (AvgIpc) is 3.25. The van der Waals surface area contributed by atoms with E-state index < -0.39 is 0 Å². The fraction of sp³-hybridized carbons (Fsp3) is 0.250. The maximum atomic E-state index is 5.50. The van der Waals surface area contributed by atoms with Crippen molar-refractivity contribution >= 4 is 0 Å². The summed E-state index contributed by atoms with van der Waals surface area (Å²) in [4.78, 5) is 0. The van der Waals surface area contributed by atoms with Crippen LogP contribution in [0.1, 0.15) is 23.3 Å². The molecule has 21 heavy (non-hydrogen) atoms. The first-order chi connectivity index (χ1) is 10.4. The quantitative estimate of drug-likeness (QED) is 0.492. The SMILES string of the molecule is c1coc(CNCNC(Cc2ccco2)c2ccco2)c1. The van der Waals surface area contributed by atoms with Gasteiger partial charge in [0, 0.05) is 13.1 Å². The van der Waals surface area contributed by atoms with Crippen LogP contribution in [0.2, 0.25) is 0 Å². The third-order valence-corrected chi connectivity index (χ3v) is 3.22. The second kappa shape index (κ2) is 6.97. The minimum atomic E-state index is 0.0650. The first-order valence-electron chi connectivity index (χ1n) is 6.94. The summed E-state index contributed by atoms with van der Waals surface area (Å²) in [6, 6.07) is 11.6. The molecule has 0 aliphatic rings. The molecule has 2 N–H and O–H groups in total. The van der Waals surface area contributed by atoms with Crippen LogP contribution in [-0.2, 0) is 13.0 Å². The zero-order valence-corrected chi connectivity index (χ0v) is 11.6. The molecule has 0 bridgehead atoms. The van der Waals surface area contributed by atoms with E-state index in [1.54, 1.807) is 18.8 Å². The fourth-order valence-corrected chi connectivity index (χ4v) is 2.19. The van der Waals surface area contributed by atoms with E-state index in [0.29, 0.717) is 13.2 Å². The van der Waals surface area contributed by atoms with Gasteiger partial charge in [0.15, 0.2) is 0 Å². The standard InChI is InChI=1S/C16H18N2O3/c1-4-13(19-7-1)10-15(16-6-3-9-21-16)18-12-17-11-14-5-2-8-20-14/h1-9,15,17-18H,10-12H2. The topological polar surface area (TPSA) is 63.5 Å². The van der Waals surface area contributed by atoms with Crippen LogP contribution in [0.25, 0.3) is 0 Å². The van der Waals surface area contributed by atoms with Crippen molar-refractivity contribution in [2.75, 3.05) is 6.67 Å². The van der Waals surface area contributed by atoms with Gasteiger partial charge in [-0.05, 0) is 36.4 Å². The molecular formula is C16H18N2O3. The van der Waals surface area contributed by atoms with E-state index in [4.69, 9.17) is 13.3 Å². The number of rotatable bonds is 8. The third-order valence-electron chi connectivity index (χ3n) is 3.22. The summed E-state index contributed by atoms with van der Waals surface area (Å²) in [6.07, 6.45) is 5.78. The Balaban J connectivity index is 1.52. The molecule has 0 aromatic carbocycles. The summed E-state index contributed by atoms with van der Waals surface area (Å²) >= 11 is 0. The highest BCUT2D eigenvalue weighted by molar-refractivity contribution is 5.09. The molecule has 0 saturated heterocycles. The molecule has 3 aromatic heterocycles. The van der Waals surface area contributed by atoms with Crippen LogP contribution < -0.4 is 10.6 Å². The Kier molecular flexibility index (Phi) is 4.55. The average molecular weight is 286 g/mol. The van der Waals surface area contributed by atoms with E-state index >= 15 is 0 Å². The van der Waals surface area contributed by atoms with Crippen molar-refractivity contribution in [3.05, 3.63) is 72.5 Å². The molecule has 5 heteroatoms. The molecular weight excluding hydrogens is 268 g/mol. The lowest BCUT2D eigenvalue weighted by atomic mass is 10.1. The van der Waals surface area contributed by atoms with Gasteiger partial charge < -0.3 is 13.3 Å². The predicted octanol–water partition coefficient (Wildman–Crippen LogP) is 3.09. The highest BCUT2D eigenvalue weighted by Gasteiger charge is 2.15. The van der Waals surface area contributed by atoms with Gasteiger partial charge in [-0.1, -0.05) is 0 Å². The Labute approximate surface area is 122 Å². The largest absolute Gasteiger partial charge is 0.469 e. The minimum absolute atomic E-state index is 0.0650. The lowest BCUT2D eigenvalue weighted by Gasteiger charge is -2.15. The van der Waals surface area contributed by atoms with Gasteiger partial charge in [-0.2, -0.15) is 0 Å². The number of hydrogen-bond donors (Lipinski definition) is 2. The van der Waals surface area contributed by atoms with Gasteiger partial charge in [0.25, 0.3) is 0 Å². The van der Waals surface area contributed by atoms with Crippen LogP contribution in [0.15, 0.2) is 68.4 Å². The van der Waals surface area contributed by atoms with E-state index in [1.165, 1.54) is 0 Å². The van der Waals surface area contributed by atoms with E-state index in [1.807, 2.05) is 36.4 Å². The van der Waals surface area contributed by atoms with E-state index in [0.717, 1.165) is 23.7 Å². The van der Waals surface area contributed by atoms with Crippen LogP contribution in [0, 0.1) is 0 Å². The molecule has 3 rings (SSSR count). The molecule has 0 aliphatic carbocycles. The summed E-state index contributed by atoms with van der Waals surface area (Å²) < 4.78 is 16.2. The van der Waals surface area contributed by atoms with E-state index in [-0.39, 0.29) is 6.04 Å². The second-order valence-corrected chi connectivity index (χ2v) is 4.74. The lowest BCUT2D eigenvalue weighted by molar-refractivity contribution is 0.370. The van der Waals surface area contributed by atoms with Gasteiger partial charge in [0.2, 0.25) is 0 Å². The minimum Gasteiger partial charge on any atom is -0.469 e. The van der Waals surface area contributed by atoms with Gasteiger partial charge in [-0.25, -0.2) is 0 Å². The zero-order valence-electron chi connectivity index (χ0n) is 11.6. The highest BCUT2D eigenvalue weighted by Crippen LogP contribution is 2.18. The predicted molar refractivity (Wildman–Crippen MR) is 77.4 cm³/mol. The molecule has 0 spiro atoms. The van der Waals surface area contributed by atoms with Crippen molar-refractivity contribution < 1.29 is 13.3 Å². The summed E-state index contributed by atoms with van der Waals surface area (Å²) in [5.41, 5.74) is 0. The van der Waals surface area contributed by atoms with Crippen molar-refractivity contribution in [3.63, 3.8) is 0 Å². The molecule has 1 unspecified atom stereocenters. The number of furan rings is 3. The first-order valence-corrected chi connectivity index (χ1v) is 6.94. The Bertz CT molecular complexity index is 600. The van der Waals surface area contributed by atoms with Crippen molar-refractivity contribution in [2.24, 2.45) is 0 Å². The molecule has 0 aliphatic heterocycles. The second-order valence-electron chi connectivity index (χ2n) is 4.74. The number of nitrogens with one attached hydrogen (secondary N) is 2. The molecule has 3 heterocycles. The molecule has 1 atom stereocenters. The Morgan fingerprint density at radius 3 is 2.24 bits per heavy atom. The normalized spacial score (nSPS) is 12.6. The van der Waals surface area contributed by atoms with Gasteiger partial charge in [-0.3, -0.25) is 10.6 Å². The Morgan fingerprint density at radius 1 is 0.857 bits per heavy atom. The zero-order chi connectivity index (χ0) is 14.3. The maximum Gasteiger partial charge on any atom is 0.121 e. The van der Waals surface area contributed by atoms with Crippen LogP contribution >= 0.6 is 0 Å². The van der Waals surface area contributed by atoms with Crippen LogP contribution in [0.5, 0.6) is 0 Å². The van der Waals surface area contributed by atoms with Crippen molar-refractivity contribution in [2.45, 2.75) is 19.0 Å². The van der Waals surface area contributed by atoms with E-state index in [9.17, 15) is 0 Å². The van der Waals surface area contributed by atoms with Gasteiger partial charge >= 0.3 is 0 Å². The molecule has 5 nitrogen and oxygen atoms in total. The molecule has 0 radical (unpaired) electrons. The highest BCUT2D eigenvalue weighted by atomic mass is 16.3. The van der Waals surface area contributed by atoms with Crippen molar-refractivity contribution in [1.29, 1.82) is 0 Å². The number of hydrogen-bond acceptors (Lipinski definition) is 5. The summed E-state index contributed by atoms with van der Waals surface area (Å²) in [6.45, 7) is 1.33. The van der Waals surface area contributed by atoms with Crippen LogP contribution in [-0.4, -0.2) is 6.67 Å². The van der Waals surface area contributed by atoms with E-state index in [2.05, 4.69) is 10.6 Å². The summed E-state index contributed by atoms with van der Waals surface area (Å²) in [5, 5.41) is 6.70. The summed E-state index contributed by atoms with van der Waals surface area (Å²) in [5.74, 6) is 2.73. The lowest BCUT2D eigenvalue weighted by Crippen LogP contribution is -2.32. The monoisotopic (exact) mass is 286 g/mol.